The molecule has 3 atom stereocenters. The fourth-order valence-electron chi connectivity index (χ4n) is 3.48. The zero-order chi connectivity index (χ0) is 17.3. The van der Waals surface area contributed by atoms with Gasteiger partial charge in [-0.2, -0.15) is 0 Å². The molecule has 24 heavy (non-hydrogen) atoms. The summed E-state index contributed by atoms with van der Waals surface area (Å²) < 4.78 is 5.16. The molecule has 128 valence electrons. The predicted molar refractivity (Wildman–Crippen MR) is 94.2 cm³/mol. The summed E-state index contributed by atoms with van der Waals surface area (Å²) in [5, 5.41) is 11.0. The molecule has 0 bridgehead atoms. The molecule has 1 N–H and O–H groups in total. The Morgan fingerprint density at radius 1 is 1.29 bits per heavy atom. The quantitative estimate of drug-likeness (QED) is 0.878. The largest absolute Gasteiger partial charge is 0.462 e. The molecular weight excluding hydrogens is 304 g/mol. The monoisotopic (exact) mass is 328 g/mol. The first-order valence-electron chi connectivity index (χ1n) is 8.50. The van der Waals surface area contributed by atoms with Gasteiger partial charge in [0.25, 0.3) is 0 Å². The molecular formula is C19H24N2O3. The minimum atomic E-state index is -0.321. The van der Waals surface area contributed by atoms with Crippen LogP contribution in [0.2, 0.25) is 0 Å². The van der Waals surface area contributed by atoms with Gasteiger partial charge in [0.05, 0.1) is 23.8 Å². The maximum Gasteiger partial charge on any atom is 0.338 e. The van der Waals surface area contributed by atoms with Gasteiger partial charge in [0.1, 0.15) is 0 Å². The fourth-order valence-corrected chi connectivity index (χ4v) is 3.48. The Kier molecular flexibility index (Phi) is 4.71. The van der Waals surface area contributed by atoms with E-state index in [0.717, 1.165) is 29.7 Å². The fraction of sp³-hybridized carbons (Fsp3) is 0.474. The molecule has 5 nitrogen and oxygen atoms in total. The highest BCUT2D eigenvalue weighted by Gasteiger charge is 2.30. The minimum absolute atomic E-state index is 0.211. The number of aromatic nitrogens is 1. The highest BCUT2D eigenvalue weighted by molar-refractivity contribution is 6.04. The number of benzene rings is 1. The number of aliphatic hydroxyl groups excluding tert-OH is 1. The number of carbonyl (C=O) groups is 1. The van der Waals surface area contributed by atoms with Crippen molar-refractivity contribution in [3.05, 3.63) is 36.0 Å². The Morgan fingerprint density at radius 2 is 2.00 bits per heavy atom. The van der Waals surface area contributed by atoms with Crippen molar-refractivity contribution in [3.63, 3.8) is 0 Å². The lowest BCUT2D eigenvalue weighted by atomic mass is 9.88. The molecule has 0 saturated carbocycles. The maximum atomic E-state index is 12.2. The number of piperidine rings is 1. The molecule has 1 aliphatic rings. The number of esters is 1. The molecule has 0 aliphatic carbocycles. The number of pyridine rings is 1. The normalized spacial score (nSPS) is 24.2. The highest BCUT2D eigenvalue weighted by atomic mass is 16.5. The van der Waals surface area contributed by atoms with Crippen molar-refractivity contribution in [3.8, 4) is 0 Å². The van der Waals surface area contributed by atoms with Gasteiger partial charge < -0.3 is 14.7 Å². The lowest BCUT2D eigenvalue weighted by Gasteiger charge is -2.40. The Morgan fingerprint density at radius 3 is 2.67 bits per heavy atom. The Hall–Kier alpha value is -2.14. The second kappa shape index (κ2) is 6.77. The molecule has 5 heteroatoms. The molecule has 1 fully saturated rings. The van der Waals surface area contributed by atoms with Gasteiger partial charge in [-0.1, -0.05) is 13.8 Å². The summed E-state index contributed by atoms with van der Waals surface area (Å²) in [4.78, 5) is 18.8. The smallest absolute Gasteiger partial charge is 0.338 e. The Balaban J connectivity index is 1.98. The number of fused-ring (bicyclic) bond motifs is 1. The first-order valence-corrected chi connectivity index (χ1v) is 8.50. The van der Waals surface area contributed by atoms with E-state index in [9.17, 15) is 9.90 Å². The number of hydrogen-bond donors (Lipinski definition) is 1. The van der Waals surface area contributed by atoms with Crippen LogP contribution in [0.1, 0.15) is 31.1 Å². The van der Waals surface area contributed by atoms with E-state index in [1.807, 2.05) is 18.2 Å². The van der Waals surface area contributed by atoms with E-state index >= 15 is 0 Å². The van der Waals surface area contributed by atoms with Gasteiger partial charge in [-0.05, 0) is 43.0 Å². The number of carbonyl (C=O) groups excluding carboxylic acids is 1. The highest BCUT2D eigenvalue weighted by Crippen LogP contribution is 2.29. The summed E-state index contributed by atoms with van der Waals surface area (Å²) in [5.74, 6) is 0.101. The number of nitrogens with zero attached hydrogens (tertiary/aromatic N) is 2. The third kappa shape index (κ3) is 3.08. The van der Waals surface area contributed by atoms with E-state index in [2.05, 4.69) is 23.7 Å². The average Bonchev–Trinajstić information content (AvgIpc) is 2.58. The number of ether oxygens (including phenoxy) is 1. The average molecular weight is 328 g/mol. The first-order chi connectivity index (χ1) is 11.5. The van der Waals surface area contributed by atoms with Crippen molar-refractivity contribution in [2.75, 3.05) is 24.6 Å². The molecule has 1 aromatic heterocycles. The molecule has 2 aromatic rings. The zero-order valence-electron chi connectivity index (χ0n) is 14.4. The van der Waals surface area contributed by atoms with Crippen molar-refractivity contribution in [2.24, 2.45) is 11.8 Å². The summed E-state index contributed by atoms with van der Waals surface area (Å²) in [6, 6.07) is 7.68. The minimum Gasteiger partial charge on any atom is -0.462 e. The third-order valence-corrected chi connectivity index (χ3v) is 4.77. The number of aliphatic hydroxyl groups is 1. The van der Waals surface area contributed by atoms with Gasteiger partial charge in [0, 0.05) is 30.4 Å². The second-order valence-corrected chi connectivity index (χ2v) is 6.63. The van der Waals surface area contributed by atoms with Gasteiger partial charge in [0.2, 0.25) is 0 Å². The molecule has 1 aromatic carbocycles. The van der Waals surface area contributed by atoms with Crippen LogP contribution < -0.4 is 4.90 Å². The van der Waals surface area contributed by atoms with Crippen LogP contribution in [0.25, 0.3) is 10.9 Å². The van der Waals surface area contributed by atoms with Crippen molar-refractivity contribution in [2.45, 2.75) is 26.9 Å². The standard InChI is InChI=1S/C19H24N2O3/c1-4-24-19(23)15-7-8-20-17-6-5-14(9-16(15)17)21-10-12(2)18(22)13(3)11-21/h5-9,12-13,18,22H,4,10-11H2,1-3H3/t12-,13+,18-. The second-order valence-electron chi connectivity index (χ2n) is 6.63. The lowest BCUT2D eigenvalue weighted by molar-refractivity contribution is 0.0527. The molecule has 3 rings (SSSR count). The van der Waals surface area contributed by atoms with Crippen LogP contribution in [-0.4, -0.2) is 41.9 Å². The van der Waals surface area contributed by atoms with Crippen LogP contribution in [0.5, 0.6) is 0 Å². The SMILES string of the molecule is CCOC(=O)c1ccnc2ccc(N3C[C@@H](C)[C@@H](O)[C@@H](C)C3)cc12. The first kappa shape index (κ1) is 16.7. The molecule has 0 amide bonds. The molecule has 0 radical (unpaired) electrons. The van der Waals surface area contributed by atoms with Crippen LogP contribution in [-0.2, 0) is 4.74 Å². The number of rotatable bonds is 3. The number of anilines is 1. The lowest BCUT2D eigenvalue weighted by Crippen LogP contribution is -2.47. The zero-order valence-corrected chi connectivity index (χ0v) is 14.4. The summed E-state index contributed by atoms with van der Waals surface area (Å²) in [7, 11) is 0. The maximum absolute atomic E-state index is 12.2. The van der Waals surface area contributed by atoms with Crippen LogP contribution >= 0.6 is 0 Å². The van der Waals surface area contributed by atoms with Crippen molar-refractivity contribution in [1.29, 1.82) is 0 Å². The van der Waals surface area contributed by atoms with Gasteiger partial charge in [-0.3, -0.25) is 4.98 Å². The number of hydrogen-bond acceptors (Lipinski definition) is 5. The van der Waals surface area contributed by atoms with Crippen molar-refractivity contribution >= 4 is 22.6 Å². The van der Waals surface area contributed by atoms with Crippen molar-refractivity contribution < 1.29 is 14.6 Å². The van der Waals surface area contributed by atoms with Gasteiger partial charge in [-0.15, -0.1) is 0 Å². The van der Waals surface area contributed by atoms with E-state index < -0.39 is 0 Å². The van der Waals surface area contributed by atoms with E-state index in [4.69, 9.17) is 4.74 Å². The summed E-state index contributed by atoms with van der Waals surface area (Å²) in [6.07, 6.45) is 1.37. The van der Waals surface area contributed by atoms with Gasteiger partial charge >= 0.3 is 5.97 Å². The van der Waals surface area contributed by atoms with E-state index in [1.165, 1.54) is 0 Å². The van der Waals surface area contributed by atoms with Crippen LogP contribution in [0.3, 0.4) is 0 Å². The van der Waals surface area contributed by atoms with E-state index in [0.29, 0.717) is 12.2 Å². The topological polar surface area (TPSA) is 62.7 Å². The predicted octanol–water partition coefficient (Wildman–Crippen LogP) is 2.86. The van der Waals surface area contributed by atoms with Crippen molar-refractivity contribution in [1.82, 2.24) is 4.98 Å². The van der Waals surface area contributed by atoms with Gasteiger partial charge in [-0.25, -0.2) is 4.79 Å². The van der Waals surface area contributed by atoms with E-state index in [-0.39, 0.29) is 23.9 Å². The summed E-state index contributed by atoms with van der Waals surface area (Å²) >= 11 is 0. The van der Waals surface area contributed by atoms with E-state index in [1.54, 1.807) is 19.2 Å². The third-order valence-electron chi connectivity index (χ3n) is 4.77. The summed E-state index contributed by atoms with van der Waals surface area (Å²) in [6.45, 7) is 7.88. The molecule has 0 spiro atoms. The van der Waals surface area contributed by atoms with Crippen LogP contribution in [0.4, 0.5) is 5.69 Å². The Bertz CT molecular complexity index is 734. The molecule has 1 saturated heterocycles. The van der Waals surface area contributed by atoms with Crippen LogP contribution in [0, 0.1) is 11.8 Å². The molecule has 0 unspecified atom stereocenters. The van der Waals surface area contributed by atoms with Gasteiger partial charge in [0.15, 0.2) is 0 Å². The van der Waals surface area contributed by atoms with Crippen LogP contribution in [0.15, 0.2) is 30.5 Å². The molecule has 2 heterocycles. The summed E-state index contributed by atoms with van der Waals surface area (Å²) in [5.41, 5.74) is 2.37. The Labute approximate surface area is 142 Å². The molecule has 1 aliphatic heterocycles.